The van der Waals surface area contributed by atoms with Gasteiger partial charge in [-0.05, 0) is 36.3 Å². The van der Waals surface area contributed by atoms with E-state index in [9.17, 15) is 19.5 Å². The molecule has 1 aromatic heterocycles. The maximum Gasteiger partial charge on any atom is 0.330 e. The lowest BCUT2D eigenvalue weighted by atomic mass is 9.88. The largest absolute Gasteiger partial charge is 0.414 e. The Labute approximate surface area is 222 Å². The third-order valence-electron chi connectivity index (χ3n) is 8.30. The number of rotatable bonds is 8. The van der Waals surface area contributed by atoms with Gasteiger partial charge in [0.05, 0.1) is 13.0 Å². The predicted octanol–water partition coefficient (Wildman–Crippen LogP) is 3.06. The van der Waals surface area contributed by atoms with Crippen LogP contribution in [0.25, 0.3) is 0 Å². The van der Waals surface area contributed by atoms with Crippen LogP contribution < -0.4 is 11.2 Å². The van der Waals surface area contributed by atoms with Crippen molar-refractivity contribution in [2.45, 2.75) is 108 Å². The van der Waals surface area contributed by atoms with Gasteiger partial charge in [-0.25, -0.2) is 4.79 Å². The van der Waals surface area contributed by atoms with Crippen LogP contribution in [-0.2, 0) is 18.4 Å². The van der Waals surface area contributed by atoms with Crippen LogP contribution in [0.4, 0.5) is 0 Å². The molecule has 1 aliphatic heterocycles. The maximum absolute atomic E-state index is 13.0. The quantitative estimate of drug-likeness (QED) is 0.471. The van der Waals surface area contributed by atoms with Crippen LogP contribution in [0.3, 0.4) is 0 Å². The summed E-state index contributed by atoms with van der Waals surface area (Å²) in [6.07, 6.45) is -2.04. The van der Waals surface area contributed by atoms with Gasteiger partial charge >= 0.3 is 5.69 Å². The number of amides is 1. The number of nitrogens with zero attached hydrogens (tertiary/aromatic N) is 2. The SMILES string of the molecule is CN(C)C(=O)C[C@@]1(O)[C@@H](CO[Si](C)(C)C(C)(C)C)O[C@@H](n2ccc(=O)[nH]c2=O)[C@@H]1O[Si](C)(C)C(C)(C)C. The second-order valence-corrected chi connectivity index (χ2v) is 22.9. The van der Waals surface area contributed by atoms with Crippen LogP contribution >= 0.6 is 0 Å². The number of carbonyl (C=O) groups is 1. The fraction of sp³-hybridized carbons (Fsp3) is 0.800. The van der Waals surface area contributed by atoms with Crippen molar-refractivity contribution < 1.29 is 23.5 Å². The van der Waals surface area contributed by atoms with E-state index >= 15 is 0 Å². The molecule has 2 N–H and O–H groups in total. The van der Waals surface area contributed by atoms with Gasteiger partial charge in [0.15, 0.2) is 22.9 Å². The second kappa shape index (κ2) is 10.5. The van der Waals surface area contributed by atoms with E-state index in [1.54, 1.807) is 14.1 Å². The molecule has 1 aliphatic rings. The third kappa shape index (κ3) is 6.71. The zero-order valence-corrected chi connectivity index (χ0v) is 26.6. The number of carbonyl (C=O) groups excluding carboxylic acids is 1. The summed E-state index contributed by atoms with van der Waals surface area (Å²) in [5.41, 5.74) is -3.02. The van der Waals surface area contributed by atoms with E-state index in [0.717, 1.165) is 0 Å². The molecular formula is C25H47N3O7Si2. The number of hydrogen-bond donors (Lipinski definition) is 2. The van der Waals surface area contributed by atoms with Crippen LogP contribution in [0, 0.1) is 0 Å². The Morgan fingerprint density at radius 2 is 1.65 bits per heavy atom. The summed E-state index contributed by atoms with van der Waals surface area (Å²) in [7, 11) is -1.55. The second-order valence-electron chi connectivity index (χ2n) is 13.4. The summed E-state index contributed by atoms with van der Waals surface area (Å²) in [5, 5.41) is 12.0. The molecule has 2 rings (SSSR count). The van der Waals surface area contributed by atoms with Crippen LogP contribution in [0.2, 0.25) is 36.3 Å². The van der Waals surface area contributed by atoms with E-state index in [0.29, 0.717) is 0 Å². The molecule has 4 atom stereocenters. The van der Waals surface area contributed by atoms with Crippen LogP contribution in [-0.4, -0.2) is 80.6 Å². The molecule has 0 radical (unpaired) electrons. The molecule has 1 fully saturated rings. The molecule has 37 heavy (non-hydrogen) atoms. The van der Waals surface area contributed by atoms with Crippen molar-refractivity contribution in [2.24, 2.45) is 0 Å². The molecule has 12 heteroatoms. The number of aromatic nitrogens is 2. The maximum atomic E-state index is 13.0. The van der Waals surface area contributed by atoms with Crippen LogP contribution in [0.5, 0.6) is 0 Å². The van der Waals surface area contributed by atoms with Crippen molar-refractivity contribution in [1.29, 1.82) is 0 Å². The average molecular weight is 558 g/mol. The molecule has 0 spiro atoms. The highest BCUT2D eigenvalue weighted by atomic mass is 28.4. The van der Waals surface area contributed by atoms with Gasteiger partial charge in [0, 0.05) is 26.4 Å². The van der Waals surface area contributed by atoms with Crippen molar-refractivity contribution in [1.82, 2.24) is 14.5 Å². The number of ether oxygens (including phenoxy) is 1. The molecule has 2 heterocycles. The van der Waals surface area contributed by atoms with Crippen molar-refractivity contribution in [3.05, 3.63) is 33.1 Å². The summed E-state index contributed by atoms with van der Waals surface area (Å²) >= 11 is 0. The third-order valence-corrected chi connectivity index (χ3v) is 17.3. The normalized spacial score (nSPS) is 25.4. The Morgan fingerprint density at radius 3 is 2.11 bits per heavy atom. The number of aliphatic hydroxyl groups is 1. The van der Waals surface area contributed by atoms with Gasteiger partial charge in [0.25, 0.3) is 5.56 Å². The predicted molar refractivity (Wildman–Crippen MR) is 149 cm³/mol. The standard InChI is InChI=1S/C25H47N3O7Si2/c1-23(2,3)36(9,10)33-16-17-25(32,15-19(30)27(7)8)20(35-37(11,12)24(4,5)6)21(34-17)28-14-13-18(29)26-22(28)31/h13-14,17,20-21,32H,15-16H2,1-12H3,(H,26,29,31)/t17-,20+,21-,25-/m1/s1. The lowest BCUT2D eigenvalue weighted by Crippen LogP contribution is -2.58. The molecular weight excluding hydrogens is 510 g/mol. The molecule has 212 valence electrons. The van der Waals surface area contributed by atoms with Gasteiger partial charge in [0.2, 0.25) is 5.91 Å². The lowest BCUT2D eigenvalue weighted by Gasteiger charge is -2.43. The molecule has 0 bridgehead atoms. The highest BCUT2D eigenvalue weighted by Crippen LogP contribution is 2.47. The topological polar surface area (TPSA) is 123 Å². The fourth-order valence-electron chi connectivity index (χ4n) is 3.58. The number of H-pyrrole nitrogens is 1. The van der Waals surface area contributed by atoms with Gasteiger partial charge in [-0.1, -0.05) is 41.5 Å². The van der Waals surface area contributed by atoms with E-state index in [2.05, 4.69) is 59.6 Å². The van der Waals surface area contributed by atoms with Crippen LogP contribution in [0.15, 0.2) is 21.9 Å². The zero-order chi connectivity index (χ0) is 28.8. The van der Waals surface area contributed by atoms with Gasteiger partial charge in [-0.15, -0.1) is 0 Å². The summed E-state index contributed by atoms with van der Waals surface area (Å²) in [6, 6.07) is 1.22. The highest BCUT2D eigenvalue weighted by Gasteiger charge is 2.61. The van der Waals surface area contributed by atoms with E-state index in [4.69, 9.17) is 13.6 Å². The minimum atomic E-state index is -2.54. The summed E-state index contributed by atoms with van der Waals surface area (Å²) in [4.78, 5) is 41.3. The molecule has 0 unspecified atom stereocenters. The van der Waals surface area contributed by atoms with E-state index in [1.807, 2.05) is 13.1 Å². The van der Waals surface area contributed by atoms with Gasteiger partial charge in [0.1, 0.15) is 17.8 Å². The number of aromatic amines is 1. The Morgan fingerprint density at radius 1 is 1.11 bits per heavy atom. The fourth-order valence-corrected chi connectivity index (χ4v) is 5.89. The van der Waals surface area contributed by atoms with Gasteiger partial charge < -0.3 is 23.6 Å². The molecule has 0 saturated carbocycles. The summed E-state index contributed by atoms with van der Waals surface area (Å²) in [5.74, 6) is -0.304. The molecule has 1 aromatic rings. The Bertz CT molecular complexity index is 1090. The van der Waals surface area contributed by atoms with E-state index in [1.165, 1.54) is 21.7 Å². The first-order valence-corrected chi connectivity index (χ1v) is 18.6. The van der Waals surface area contributed by atoms with Crippen molar-refractivity contribution in [3.63, 3.8) is 0 Å². The first-order valence-electron chi connectivity index (χ1n) is 12.7. The minimum absolute atomic E-state index is 0.0274. The smallest absolute Gasteiger partial charge is 0.330 e. The van der Waals surface area contributed by atoms with Gasteiger partial charge in [-0.2, -0.15) is 0 Å². The summed E-state index contributed by atoms with van der Waals surface area (Å²) in [6.45, 7) is 20.8. The van der Waals surface area contributed by atoms with Crippen molar-refractivity contribution >= 4 is 22.5 Å². The molecule has 10 nitrogen and oxygen atoms in total. The first-order chi connectivity index (χ1) is 16.5. The van der Waals surface area contributed by atoms with Crippen molar-refractivity contribution in [3.8, 4) is 0 Å². The Hall–Kier alpha value is -1.58. The minimum Gasteiger partial charge on any atom is -0.414 e. The molecule has 1 saturated heterocycles. The van der Waals surface area contributed by atoms with E-state index in [-0.39, 0.29) is 29.0 Å². The number of hydrogen-bond acceptors (Lipinski definition) is 7. The van der Waals surface area contributed by atoms with Gasteiger partial charge in [-0.3, -0.25) is 19.1 Å². The molecule has 0 aliphatic carbocycles. The number of nitrogens with one attached hydrogen (secondary N) is 1. The average Bonchev–Trinajstić information content (AvgIpc) is 2.96. The zero-order valence-electron chi connectivity index (χ0n) is 24.6. The first kappa shape index (κ1) is 31.6. The van der Waals surface area contributed by atoms with E-state index < -0.39 is 51.9 Å². The molecule has 0 aromatic carbocycles. The van der Waals surface area contributed by atoms with Crippen molar-refractivity contribution in [2.75, 3.05) is 20.7 Å². The van der Waals surface area contributed by atoms with Crippen LogP contribution in [0.1, 0.15) is 54.2 Å². The highest BCUT2D eigenvalue weighted by molar-refractivity contribution is 6.74. The Balaban J connectivity index is 2.67. The summed E-state index contributed by atoms with van der Waals surface area (Å²) < 4.78 is 20.7. The Kier molecular flexibility index (Phi) is 9.01. The lowest BCUT2D eigenvalue weighted by molar-refractivity contribution is -0.143. The molecule has 1 amide bonds. The monoisotopic (exact) mass is 557 g/mol.